The Morgan fingerprint density at radius 1 is 1.00 bits per heavy atom. The summed E-state index contributed by atoms with van der Waals surface area (Å²) in [5.41, 5.74) is 2.47. The second-order valence-electron chi connectivity index (χ2n) is 6.54. The van der Waals surface area contributed by atoms with Gasteiger partial charge in [-0.25, -0.2) is 4.98 Å². The molecule has 0 atom stereocenters. The number of amides is 1. The molecule has 1 amide bonds. The van der Waals surface area contributed by atoms with Crippen molar-refractivity contribution < 1.29 is 14.3 Å². The smallest absolute Gasteiger partial charge is 0.278 e. The van der Waals surface area contributed by atoms with Gasteiger partial charge in [0.05, 0.1) is 23.8 Å². The Hall–Kier alpha value is -3.45. The normalized spacial score (nSPS) is 12.7. The number of nitrogens with zero attached hydrogens (tertiary/aromatic N) is 3. The summed E-state index contributed by atoms with van der Waals surface area (Å²) in [6.07, 6.45) is 1.53. The first kappa shape index (κ1) is 17.6. The Kier molecular flexibility index (Phi) is 4.57. The minimum atomic E-state index is -0.215. The van der Waals surface area contributed by atoms with E-state index in [1.54, 1.807) is 16.2 Å². The van der Waals surface area contributed by atoms with E-state index in [0.29, 0.717) is 42.5 Å². The van der Waals surface area contributed by atoms with Crippen molar-refractivity contribution in [3.05, 3.63) is 76.7 Å². The van der Waals surface area contributed by atoms with Crippen molar-refractivity contribution in [1.82, 2.24) is 9.97 Å². The fourth-order valence-electron chi connectivity index (χ4n) is 3.24. The van der Waals surface area contributed by atoms with Crippen LogP contribution in [0.4, 0.5) is 5.69 Å². The maximum atomic E-state index is 13.4. The number of fused-ring (bicyclic) bond motifs is 2. The van der Waals surface area contributed by atoms with Gasteiger partial charge in [0.25, 0.3) is 5.91 Å². The molecule has 0 spiro atoms. The predicted octanol–water partition coefficient (Wildman–Crippen LogP) is 4.31. The summed E-state index contributed by atoms with van der Waals surface area (Å²) in [5.74, 6) is 1.12. The van der Waals surface area contributed by atoms with Crippen molar-refractivity contribution in [3.63, 3.8) is 0 Å². The lowest BCUT2D eigenvalue weighted by atomic mass is 10.2. The number of ether oxygens (including phenoxy) is 2. The molecule has 0 saturated heterocycles. The van der Waals surface area contributed by atoms with Gasteiger partial charge in [0.2, 0.25) is 0 Å². The van der Waals surface area contributed by atoms with Crippen LogP contribution < -0.4 is 14.4 Å². The third-order valence-corrected chi connectivity index (χ3v) is 5.51. The van der Waals surface area contributed by atoms with E-state index in [0.717, 1.165) is 16.1 Å². The first-order chi connectivity index (χ1) is 14.3. The Morgan fingerprint density at radius 2 is 1.83 bits per heavy atom. The number of carbonyl (C=O) groups is 1. The molecule has 1 aliphatic heterocycles. The summed E-state index contributed by atoms with van der Waals surface area (Å²) >= 11 is 1.60. The molecular weight excluding hydrogens is 386 g/mol. The van der Waals surface area contributed by atoms with Crippen molar-refractivity contribution in [2.45, 2.75) is 6.54 Å². The first-order valence-corrected chi connectivity index (χ1v) is 10.1. The van der Waals surface area contributed by atoms with Gasteiger partial charge in [0, 0.05) is 16.6 Å². The van der Waals surface area contributed by atoms with E-state index >= 15 is 0 Å². The number of hydrogen-bond donors (Lipinski definition) is 0. The van der Waals surface area contributed by atoms with Crippen LogP contribution in [0.3, 0.4) is 0 Å². The lowest BCUT2D eigenvalue weighted by Crippen LogP contribution is -2.31. The molecule has 2 aromatic carbocycles. The van der Waals surface area contributed by atoms with Gasteiger partial charge < -0.3 is 14.4 Å². The fraction of sp³-hybridized carbons (Fsp3) is 0.136. The Morgan fingerprint density at radius 3 is 2.66 bits per heavy atom. The Balaban J connectivity index is 1.54. The summed E-state index contributed by atoms with van der Waals surface area (Å²) in [7, 11) is 0. The first-order valence-electron chi connectivity index (χ1n) is 9.23. The molecule has 144 valence electrons. The molecule has 0 aliphatic carbocycles. The maximum Gasteiger partial charge on any atom is 0.278 e. The molecule has 2 aromatic heterocycles. The number of rotatable bonds is 4. The van der Waals surface area contributed by atoms with Crippen molar-refractivity contribution in [3.8, 4) is 11.5 Å². The number of anilines is 1. The van der Waals surface area contributed by atoms with E-state index in [1.807, 2.05) is 60.0 Å². The molecular formula is C22H17N3O3S. The lowest BCUT2D eigenvalue weighted by Gasteiger charge is -2.25. The van der Waals surface area contributed by atoms with Crippen molar-refractivity contribution in [2.75, 3.05) is 18.1 Å². The zero-order valence-corrected chi connectivity index (χ0v) is 16.3. The van der Waals surface area contributed by atoms with Gasteiger partial charge in [-0.1, -0.05) is 18.2 Å². The number of benzene rings is 2. The number of carbonyl (C=O) groups excluding carboxylic acids is 1. The van der Waals surface area contributed by atoms with E-state index < -0.39 is 0 Å². The van der Waals surface area contributed by atoms with Crippen LogP contribution in [-0.2, 0) is 6.54 Å². The molecule has 4 aromatic rings. The van der Waals surface area contributed by atoms with Gasteiger partial charge in [-0.3, -0.25) is 9.78 Å². The van der Waals surface area contributed by atoms with Crippen LogP contribution in [-0.4, -0.2) is 29.1 Å². The highest BCUT2D eigenvalue weighted by molar-refractivity contribution is 7.09. The molecule has 0 N–H and O–H groups in total. The molecule has 0 fully saturated rings. The predicted molar refractivity (Wildman–Crippen MR) is 112 cm³/mol. The highest BCUT2D eigenvalue weighted by Gasteiger charge is 2.23. The lowest BCUT2D eigenvalue weighted by molar-refractivity contribution is 0.0980. The Bertz CT molecular complexity index is 1180. The average molecular weight is 403 g/mol. The third kappa shape index (κ3) is 3.52. The minimum Gasteiger partial charge on any atom is -0.486 e. The van der Waals surface area contributed by atoms with E-state index in [9.17, 15) is 4.79 Å². The summed E-state index contributed by atoms with van der Waals surface area (Å²) in [5, 5.41) is 2.00. The van der Waals surface area contributed by atoms with Gasteiger partial charge in [-0.05, 0) is 35.7 Å². The number of aromatic nitrogens is 2. The second-order valence-corrected chi connectivity index (χ2v) is 7.57. The van der Waals surface area contributed by atoms with E-state index in [1.165, 1.54) is 6.20 Å². The molecule has 1 aliphatic rings. The van der Waals surface area contributed by atoms with Crippen molar-refractivity contribution in [1.29, 1.82) is 0 Å². The number of thiophene rings is 1. The third-order valence-electron chi connectivity index (χ3n) is 4.64. The van der Waals surface area contributed by atoms with Crippen molar-refractivity contribution in [2.24, 2.45) is 0 Å². The second kappa shape index (κ2) is 7.52. The van der Waals surface area contributed by atoms with Crippen molar-refractivity contribution >= 4 is 34.0 Å². The zero-order chi connectivity index (χ0) is 19.6. The molecule has 5 rings (SSSR count). The van der Waals surface area contributed by atoms with Gasteiger partial charge in [0.15, 0.2) is 11.5 Å². The summed E-state index contributed by atoms with van der Waals surface area (Å²) < 4.78 is 11.3. The van der Waals surface area contributed by atoms with Crippen LogP contribution in [0.1, 0.15) is 15.4 Å². The Labute approximate surface area is 171 Å². The van der Waals surface area contributed by atoms with Gasteiger partial charge in [-0.15, -0.1) is 11.3 Å². The largest absolute Gasteiger partial charge is 0.486 e. The van der Waals surface area contributed by atoms with Crippen LogP contribution in [0, 0.1) is 0 Å². The maximum absolute atomic E-state index is 13.4. The van der Waals surface area contributed by atoms with Crippen LogP contribution in [0.15, 0.2) is 66.2 Å². The average Bonchev–Trinajstić information content (AvgIpc) is 3.30. The van der Waals surface area contributed by atoms with Gasteiger partial charge in [0.1, 0.15) is 18.9 Å². The molecule has 0 bridgehead atoms. The van der Waals surface area contributed by atoms with E-state index in [-0.39, 0.29) is 5.91 Å². The quantitative estimate of drug-likeness (QED) is 0.508. The molecule has 29 heavy (non-hydrogen) atoms. The molecule has 0 radical (unpaired) electrons. The minimum absolute atomic E-state index is 0.215. The van der Waals surface area contributed by atoms with Crippen LogP contribution in [0.5, 0.6) is 11.5 Å². The monoisotopic (exact) mass is 403 g/mol. The number of hydrogen-bond acceptors (Lipinski definition) is 6. The molecule has 7 heteroatoms. The fourth-order valence-corrected chi connectivity index (χ4v) is 3.93. The van der Waals surface area contributed by atoms with E-state index in [4.69, 9.17) is 9.47 Å². The van der Waals surface area contributed by atoms with Crippen LogP contribution >= 0.6 is 11.3 Å². The van der Waals surface area contributed by atoms with E-state index in [2.05, 4.69) is 9.97 Å². The number of para-hydroxylation sites is 2. The molecule has 3 heterocycles. The van der Waals surface area contributed by atoms with Gasteiger partial charge in [-0.2, -0.15) is 0 Å². The molecule has 0 unspecified atom stereocenters. The van der Waals surface area contributed by atoms with Crippen LogP contribution in [0.25, 0.3) is 11.0 Å². The summed E-state index contributed by atoms with van der Waals surface area (Å²) in [6.45, 7) is 1.45. The summed E-state index contributed by atoms with van der Waals surface area (Å²) in [4.78, 5) is 25.1. The SMILES string of the molecule is O=C(c1cnc2ccccc2n1)N(Cc1cccs1)c1ccc2c(c1)OCCO2. The van der Waals surface area contributed by atoms with Gasteiger partial charge >= 0.3 is 0 Å². The highest BCUT2D eigenvalue weighted by atomic mass is 32.1. The molecule has 0 saturated carbocycles. The topological polar surface area (TPSA) is 64.6 Å². The van der Waals surface area contributed by atoms with Crippen LogP contribution in [0.2, 0.25) is 0 Å². The summed E-state index contributed by atoms with van der Waals surface area (Å²) in [6, 6.07) is 17.0. The molecule has 6 nitrogen and oxygen atoms in total. The highest BCUT2D eigenvalue weighted by Crippen LogP contribution is 2.35. The standard InChI is InChI=1S/C22H17N3O3S/c26-22(19-13-23-17-5-1-2-6-18(17)24-19)25(14-16-4-3-11-29-16)15-7-8-20-21(12-15)28-10-9-27-20/h1-8,11-13H,9-10,14H2. The zero-order valence-electron chi connectivity index (χ0n) is 15.4.